The van der Waals surface area contributed by atoms with Crippen LogP contribution in [0.15, 0.2) is 78.9 Å². The van der Waals surface area contributed by atoms with Crippen LogP contribution in [0.1, 0.15) is 12.5 Å². The van der Waals surface area contributed by atoms with Gasteiger partial charge in [-0.1, -0.05) is 54.1 Å². The maximum Gasteiger partial charge on any atom is 0.325 e. The first-order valence-electron chi connectivity index (χ1n) is 9.89. The molecule has 1 saturated heterocycles. The van der Waals surface area contributed by atoms with Crippen LogP contribution in [0.5, 0.6) is 11.5 Å². The highest BCUT2D eigenvalue weighted by molar-refractivity contribution is 6.32. The third kappa shape index (κ3) is 4.29. The van der Waals surface area contributed by atoms with Crippen LogP contribution in [-0.4, -0.2) is 29.3 Å². The zero-order valence-electron chi connectivity index (χ0n) is 17.2. The van der Waals surface area contributed by atoms with Crippen molar-refractivity contribution in [3.8, 4) is 11.5 Å². The molecular formula is C24H20ClN3O4. The molecule has 0 radical (unpaired) electrons. The first kappa shape index (κ1) is 21.4. The molecule has 0 bridgehead atoms. The largest absolute Gasteiger partial charge is 0.456 e. The fourth-order valence-electron chi connectivity index (χ4n) is 3.41. The number of amides is 4. The Balaban J connectivity index is 1.39. The number of anilines is 1. The minimum absolute atomic E-state index is 0.398. The molecule has 0 saturated carbocycles. The molecule has 8 heteroatoms. The predicted octanol–water partition coefficient (Wildman–Crippen LogP) is 4.54. The summed E-state index contributed by atoms with van der Waals surface area (Å²) in [4.78, 5) is 38.7. The first-order valence-corrected chi connectivity index (χ1v) is 10.3. The summed E-state index contributed by atoms with van der Waals surface area (Å²) in [6, 6.07) is 22.1. The molecule has 1 atom stereocenters. The van der Waals surface area contributed by atoms with Gasteiger partial charge < -0.3 is 15.4 Å². The van der Waals surface area contributed by atoms with Crippen molar-refractivity contribution in [1.82, 2.24) is 10.2 Å². The molecule has 2 N–H and O–H groups in total. The van der Waals surface area contributed by atoms with Gasteiger partial charge in [0.1, 0.15) is 23.6 Å². The van der Waals surface area contributed by atoms with Crippen molar-refractivity contribution in [1.29, 1.82) is 0 Å². The third-order valence-electron chi connectivity index (χ3n) is 5.13. The molecule has 0 spiro atoms. The molecule has 1 aliphatic heterocycles. The number of hydrogen-bond acceptors (Lipinski definition) is 4. The molecule has 1 aliphatic rings. The van der Waals surface area contributed by atoms with Crippen molar-refractivity contribution in [3.63, 3.8) is 0 Å². The number of urea groups is 1. The Morgan fingerprint density at radius 1 is 1.00 bits per heavy atom. The molecule has 0 aliphatic carbocycles. The van der Waals surface area contributed by atoms with Crippen LogP contribution in [0, 0.1) is 0 Å². The van der Waals surface area contributed by atoms with Crippen molar-refractivity contribution < 1.29 is 19.1 Å². The van der Waals surface area contributed by atoms with Crippen LogP contribution in [0.3, 0.4) is 0 Å². The summed E-state index contributed by atoms with van der Waals surface area (Å²) < 4.78 is 5.72. The number of nitrogens with zero attached hydrogens (tertiary/aromatic N) is 1. The molecule has 3 aromatic rings. The lowest BCUT2D eigenvalue weighted by atomic mass is 9.92. The summed E-state index contributed by atoms with van der Waals surface area (Å²) in [6.45, 7) is 1.23. The van der Waals surface area contributed by atoms with Gasteiger partial charge in [0.2, 0.25) is 5.91 Å². The first-order chi connectivity index (χ1) is 15.4. The van der Waals surface area contributed by atoms with E-state index in [2.05, 4.69) is 10.6 Å². The molecule has 0 unspecified atom stereocenters. The highest BCUT2D eigenvalue weighted by Gasteiger charge is 2.49. The number of para-hydroxylation sites is 1. The van der Waals surface area contributed by atoms with E-state index < -0.39 is 29.9 Å². The molecule has 32 heavy (non-hydrogen) atoms. The van der Waals surface area contributed by atoms with Crippen LogP contribution >= 0.6 is 11.6 Å². The number of nitrogens with one attached hydrogen (secondary N) is 2. The number of halogens is 1. The van der Waals surface area contributed by atoms with Gasteiger partial charge in [0.05, 0.1) is 5.02 Å². The Morgan fingerprint density at radius 2 is 1.66 bits per heavy atom. The van der Waals surface area contributed by atoms with Crippen LogP contribution in [0.4, 0.5) is 10.5 Å². The Hall–Kier alpha value is -3.84. The second kappa shape index (κ2) is 8.72. The smallest absolute Gasteiger partial charge is 0.325 e. The van der Waals surface area contributed by atoms with Gasteiger partial charge in [-0.2, -0.15) is 0 Å². The van der Waals surface area contributed by atoms with E-state index in [0.29, 0.717) is 27.8 Å². The number of hydrogen-bond donors (Lipinski definition) is 2. The van der Waals surface area contributed by atoms with Crippen LogP contribution in [-0.2, 0) is 15.1 Å². The van der Waals surface area contributed by atoms with E-state index in [1.807, 2.05) is 18.2 Å². The minimum atomic E-state index is -1.21. The van der Waals surface area contributed by atoms with Gasteiger partial charge in [-0.05, 0) is 48.9 Å². The predicted molar refractivity (Wildman–Crippen MR) is 121 cm³/mol. The van der Waals surface area contributed by atoms with Crippen molar-refractivity contribution >= 4 is 35.1 Å². The number of imide groups is 1. The molecule has 1 fully saturated rings. The highest BCUT2D eigenvalue weighted by Crippen LogP contribution is 2.30. The average Bonchev–Trinajstić information content (AvgIpc) is 3.01. The molecule has 4 rings (SSSR count). The van der Waals surface area contributed by atoms with Crippen molar-refractivity contribution in [2.24, 2.45) is 0 Å². The number of ether oxygens (including phenoxy) is 1. The van der Waals surface area contributed by atoms with Crippen LogP contribution < -0.4 is 15.4 Å². The van der Waals surface area contributed by atoms with Crippen molar-refractivity contribution in [2.45, 2.75) is 12.5 Å². The number of carbonyl (C=O) groups excluding carboxylic acids is 3. The van der Waals surface area contributed by atoms with Crippen LogP contribution in [0.2, 0.25) is 5.02 Å². The average molecular weight is 450 g/mol. The number of carbonyl (C=O) groups is 3. The van der Waals surface area contributed by atoms with E-state index in [1.165, 1.54) is 0 Å². The van der Waals surface area contributed by atoms with Gasteiger partial charge in [0, 0.05) is 5.69 Å². The van der Waals surface area contributed by atoms with E-state index in [0.717, 1.165) is 4.90 Å². The zero-order valence-corrected chi connectivity index (χ0v) is 17.9. The molecule has 3 aromatic carbocycles. The molecular weight excluding hydrogens is 430 g/mol. The van der Waals surface area contributed by atoms with Crippen molar-refractivity contribution in [2.75, 3.05) is 11.9 Å². The Kier molecular flexibility index (Phi) is 5.83. The third-order valence-corrected chi connectivity index (χ3v) is 5.44. The zero-order chi connectivity index (χ0) is 22.7. The molecule has 4 amide bonds. The Bertz CT molecular complexity index is 1170. The Morgan fingerprint density at radius 3 is 2.34 bits per heavy atom. The van der Waals surface area contributed by atoms with Crippen molar-refractivity contribution in [3.05, 3.63) is 89.4 Å². The number of rotatable bonds is 6. The van der Waals surface area contributed by atoms with Gasteiger partial charge in [-0.15, -0.1) is 0 Å². The summed E-state index contributed by atoms with van der Waals surface area (Å²) in [5.74, 6) is 0.0905. The lowest BCUT2D eigenvalue weighted by Gasteiger charge is -2.22. The van der Waals surface area contributed by atoms with E-state index in [1.54, 1.807) is 67.6 Å². The Labute approximate surface area is 189 Å². The van der Waals surface area contributed by atoms with Gasteiger partial charge in [-0.3, -0.25) is 14.5 Å². The lowest BCUT2D eigenvalue weighted by molar-refractivity contribution is -0.133. The summed E-state index contributed by atoms with van der Waals surface area (Å²) in [5, 5.41) is 5.85. The molecule has 7 nitrogen and oxygen atoms in total. The quantitative estimate of drug-likeness (QED) is 0.541. The minimum Gasteiger partial charge on any atom is -0.456 e. The van der Waals surface area contributed by atoms with E-state index in [-0.39, 0.29) is 0 Å². The topological polar surface area (TPSA) is 87.7 Å². The second-order valence-electron chi connectivity index (χ2n) is 7.42. The maximum atomic E-state index is 12.9. The summed E-state index contributed by atoms with van der Waals surface area (Å²) in [7, 11) is 0. The van der Waals surface area contributed by atoms with Crippen LogP contribution in [0.25, 0.3) is 0 Å². The van der Waals surface area contributed by atoms with Gasteiger partial charge in [-0.25, -0.2) is 4.79 Å². The lowest BCUT2D eigenvalue weighted by Crippen LogP contribution is -2.42. The fraction of sp³-hybridized carbons (Fsp3) is 0.125. The molecule has 1 heterocycles. The highest BCUT2D eigenvalue weighted by atomic mass is 35.5. The molecule has 162 valence electrons. The normalized spacial score (nSPS) is 17.8. The summed E-state index contributed by atoms with van der Waals surface area (Å²) in [5.41, 5.74) is -0.0641. The molecule has 0 aromatic heterocycles. The van der Waals surface area contributed by atoms with Gasteiger partial charge >= 0.3 is 6.03 Å². The maximum absolute atomic E-state index is 12.9. The van der Waals surface area contributed by atoms with E-state index in [4.69, 9.17) is 16.3 Å². The van der Waals surface area contributed by atoms with E-state index >= 15 is 0 Å². The fourth-order valence-corrected chi connectivity index (χ4v) is 3.59. The number of benzene rings is 3. The standard InChI is InChI=1S/C24H20ClN3O4/c1-24(16-7-3-2-4-8-16)22(30)28(23(31)27-24)15-21(29)26-17-11-13-18(14-12-17)32-20-10-6-5-9-19(20)25/h2-14H,15H2,1H3,(H,26,29)(H,27,31)/t24-/m0/s1. The monoisotopic (exact) mass is 449 g/mol. The second-order valence-corrected chi connectivity index (χ2v) is 7.82. The summed E-state index contributed by atoms with van der Waals surface area (Å²) >= 11 is 6.09. The summed E-state index contributed by atoms with van der Waals surface area (Å²) in [6.07, 6.45) is 0. The SMILES string of the molecule is C[C@@]1(c2ccccc2)NC(=O)N(CC(=O)Nc2ccc(Oc3ccccc3Cl)cc2)C1=O. The van der Waals surface area contributed by atoms with Gasteiger partial charge in [0.25, 0.3) is 5.91 Å². The van der Waals surface area contributed by atoms with E-state index in [9.17, 15) is 14.4 Å². The van der Waals surface area contributed by atoms with Gasteiger partial charge in [0.15, 0.2) is 0 Å².